The van der Waals surface area contributed by atoms with Crippen LogP contribution in [0.2, 0.25) is 0 Å². The van der Waals surface area contributed by atoms with Gasteiger partial charge in [-0.1, -0.05) is 32.0 Å². The molecule has 1 heterocycles. The maximum atomic E-state index is 12.5. The van der Waals surface area contributed by atoms with Gasteiger partial charge >= 0.3 is 5.97 Å². The van der Waals surface area contributed by atoms with Crippen LogP contribution >= 0.6 is 0 Å². The molecule has 1 aromatic heterocycles. The lowest BCUT2D eigenvalue weighted by molar-refractivity contribution is -0.142. The molecule has 1 aromatic carbocycles. The summed E-state index contributed by atoms with van der Waals surface area (Å²) in [7, 11) is 0. The van der Waals surface area contributed by atoms with Gasteiger partial charge in [-0.05, 0) is 30.9 Å². The Kier molecular flexibility index (Phi) is 6.57. The van der Waals surface area contributed by atoms with Gasteiger partial charge in [-0.25, -0.2) is 0 Å². The number of carboxylic acid groups (broad SMARTS) is 1. The molecule has 0 aliphatic rings. The van der Waals surface area contributed by atoms with Crippen molar-refractivity contribution in [3.8, 4) is 0 Å². The first-order valence-electron chi connectivity index (χ1n) is 8.84. The van der Waals surface area contributed by atoms with Crippen molar-refractivity contribution in [1.29, 1.82) is 0 Å². The third kappa shape index (κ3) is 5.07. The quantitative estimate of drug-likeness (QED) is 0.465. The Balaban J connectivity index is 2.03. The van der Waals surface area contributed by atoms with Gasteiger partial charge in [0.15, 0.2) is 0 Å². The van der Waals surface area contributed by atoms with Crippen molar-refractivity contribution in [2.24, 2.45) is 11.7 Å². The van der Waals surface area contributed by atoms with E-state index in [2.05, 4.69) is 15.6 Å². The number of aliphatic carboxylic acids is 1. The fourth-order valence-electron chi connectivity index (χ4n) is 2.79. The summed E-state index contributed by atoms with van der Waals surface area (Å²) in [5, 5.41) is 14.9. The average molecular weight is 374 g/mol. The van der Waals surface area contributed by atoms with E-state index in [1.54, 1.807) is 13.8 Å². The van der Waals surface area contributed by atoms with E-state index < -0.39 is 35.9 Å². The number of aromatic amines is 1. The number of para-hydroxylation sites is 1. The normalized spacial score (nSPS) is 14.6. The fourth-order valence-corrected chi connectivity index (χ4v) is 2.79. The van der Waals surface area contributed by atoms with Crippen LogP contribution in [-0.2, 0) is 20.8 Å². The van der Waals surface area contributed by atoms with Gasteiger partial charge in [0.05, 0.1) is 6.04 Å². The van der Waals surface area contributed by atoms with E-state index in [4.69, 9.17) is 10.8 Å². The molecule has 0 spiro atoms. The number of nitrogens with two attached hydrogens (primary N) is 1. The maximum Gasteiger partial charge on any atom is 0.325 e. The molecule has 0 saturated carbocycles. The largest absolute Gasteiger partial charge is 0.480 e. The number of carbonyl (C=O) groups excluding carboxylic acids is 2. The molecule has 146 valence electrons. The van der Waals surface area contributed by atoms with Crippen LogP contribution < -0.4 is 16.4 Å². The third-order valence-electron chi connectivity index (χ3n) is 4.43. The molecule has 6 N–H and O–H groups in total. The Morgan fingerprint density at radius 1 is 1.11 bits per heavy atom. The summed E-state index contributed by atoms with van der Waals surface area (Å²) in [4.78, 5) is 38.9. The Hall–Kier alpha value is -2.87. The molecule has 8 nitrogen and oxygen atoms in total. The van der Waals surface area contributed by atoms with Crippen molar-refractivity contribution < 1.29 is 19.5 Å². The zero-order valence-corrected chi connectivity index (χ0v) is 15.7. The van der Waals surface area contributed by atoms with Gasteiger partial charge in [-0.15, -0.1) is 0 Å². The highest BCUT2D eigenvalue weighted by molar-refractivity contribution is 5.92. The second kappa shape index (κ2) is 8.68. The molecule has 2 amide bonds. The fraction of sp³-hybridized carbons (Fsp3) is 0.421. The van der Waals surface area contributed by atoms with E-state index in [-0.39, 0.29) is 5.92 Å². The molecule has 0 radical (unpaired) electrons. The van der Waals surface area contributed by atoms with E-state index >= 15 is 0 Å². The number of aromatic nitrogens is 1. The van der Waals surface area contributed by atoms with Gasteiger partial charge in [-0.2, -0.15) is 0 Å². The van der Waals surface area contributed by atoms with Crippen LogP contribution in [0, 0.1) is 5.92 Å². The number of amides is 2. The lowest BCUT2D eigenvalue weighted by atomic mass is 10.0. The number of hydrogen-bond acceptors (Lipinski definition) is 4. The van der Waals surface area contributed by atoms with E-state index in [9.17, 15) is 14.4 Å². The van der Waals surface area contributed by atoms with Crippen LogP contribution in [0.25, 0.3) is 10.9 Å². The monoisotopic (exact) mass is 374 g/mol. The lowest BCUT2D eigenvalue weighted by Gasteiger charge is -2.24. The van der Waals surface area contributed by atoms with Gasteiger partial charge in [0, 0.05) is 17.1 Å². The SMILES string of the molecule is CC(NC(=O)C(NC(=O)C(N)Cc1c[nH]c2ccccc12)C(C)C)C(=O)O. The molecule has 3 unspecified atom stereocenters. The highest BCUT2D eigenvalue weighted by Gasteiger charge is 2.28. The van der Waals surface area contributed by atoms with Crippen molar-refractivity contribution in [2.75, 3.05) is 0 Å². The molecule has 27 heavy (non-hydrogen) atoms. The number of carbonyl (C=O) groups is 3. The Morgan fingerprint density at radius 2 is 1.78 bits per heavy atom. The molecular weight excluding hydrogens is 348 g/mol. The minimum absolute atomic E-state index is 0.227. The zero-order chi connectivity index (χ0) is 20.1. The van der Waals surface area contributed by atoms with Crippen LogP contribution in [0.1, 0.15) is 26.3 Å². The number of carboxylic acids is 1. The lowest BCUT2D eigenvalue weighted by Crippen LogP contribution is -2.56. The standard InChI is InChI=1S/C19H26N4O4/c1-10(2)16(18(25)22-11(3)19(26)27)23-17(24)14(20)8-12-9-21-15-7-5-4-6-13(12)15/h4-7,9-11,14,16,21H,8,20H2,1-3H3,(H,22,25)(H,23,24)(H,26,27). The maximum absolute atomic E-state index is 12.5. The summed E-state index contributed by atoms with van der Waals surface area (Å²) in [5.41, 5.74) is 7.92. The molecule has 2 rings (SSSR count). The summed E-state index contributed by atoms with van der Waals surface area (Å²) < 4.78 is 0. The summed E-state index contributed by atoms with van der Waals surface area (Å²) in [5.74, 6) is -2.38. The van der Waals surface area contributed by atoms with E-state index in [1.165, 1.54) is 6.92 Å². The van der Waals surface area contributed by atoms with Gasteiger partial charge in [0.2, 0.25) is 11.8 Å². The molecular formula is C19H26N4O4. The van der Waals surface area contributed by atoms with Crippen molar-refractivity contribution in [3.05, 3.63) is 36.0 Å². The topological polar surface area (TPSA) is 137 Å². The third-order valence-corrected chi connectivity index (χ3v) is 4.43. The molecule has 8 heteroatoms. The summed E-state index contributed by atoms with van der Waals surface area (Å²) >= 11 is 0. The number of H-pyrrole nitrogens is 1. The van der Waals surface area contributed by atoms with E-state index in [0.29, 0.717) is 6.42 Å². The second-order valence-electron chi connectivity index (χ2n) is 6.97. The number of rotatable bonds is 8. The molecule has 3 atom stereocenters. The summed E-state index contributed by atoms with van der Waals surface area (Å²) in [6.45, 7) is 4.89. The van der Waals surface area contributed by atoms with Crippen LogP contribution in [0.3, 0.4) is 0 Å². The number of hydrogen-bond donors (Lipinski definition) is 5. The van der Waals surface area contributed by atoms with Crippen LogP contribution in [0.15, 0.2) is 30.5 Å². The van der Waals surface area contributed by atoms with Gasteiger partial charge in [-0.3, -0.25) is 14.4 Å². The molecule has 2 aromatic rings. The van der Waals surface area contributed by atoms with Crippen LogP contribution in [-0.4, -0.2) is 46.0 Å². The average Bonchev–Trinajstić information content (AvgIpc) is 3.01. The smallest absolute Gasteiger partial charge is 0.325 e. The van der Waals surface area contributed by atoms with E-state index in [1.807, 2.05) is 30.5 Å². The predicted octanol–water partition coefficient (Wildman–Crippen LogP) is 0.768. The van der Waals surface area contributed by atoms with Crippen LogP contribution in [0.4, 0.5) is 0 Å². The van der Waals surface area contributed by atoms with Crippen LogP contribution in [0.5, 0.6) is 0 Å². The minimum atomic E-state index is -1.15. The van der Waals surface area contributed by atoms with Gasteiger partial charge in [0.1, 0.15) is 12.1 Å². The molecule has 0 aliphatic heterocycles. The molecule has 0 saturated heterocycles. The first-order valence-corrected chi connectivity index (χ1v) is 8.84. The van der Waals surface area contributed by atoms with Crippen molar-refractivity contribution in [3.63, 3.8) is 0 Å². The summed E-state index contributed by atoms with van der Waals surface area (Å²) in [6.07, 6.45) is 2.13. The van der Waals surface area contributed by atoms with Gasteiger partial charge in [0.25, 0.3) is 0 Å². The summed E-state index contributed by atoms with van der Waals surface area (Å²) in [6, 6.07) is 4.96. The molecule has 0 aliphatic carbocycles. The molecule has 0 fully saturated rings. The molecule has 0 bridgehead atoms. The number of nitrogens with one attached hydrogen (secondary N) is 3. The van der Waals surface area contributed by atoms with E-state index in [0.717, 1.165) is 16.5 Å². The Labute approximate surface area is 157 Å². The number of benzene rings is 1. The predicted molar refractivity (Wildman–Crippen MR) is 102 cm³/mol. The minimum Gasteiger partial charge on any atom is -0.480 e. The first kappa shape index (κ1) is 20.4. The zero-order valence-electron chi connectivity index (χ0n) is 15.7. The Bertz CT molecular complexity index is 830. The second-order valence-corrected chi connectivity index (χ2v) is 6.97. The Morgan fingerprint density at radius 3 is 2.41 bits per heavy atom. The first-order chi connectivity index (χ1) is 12.7. The number of fused-ring (bicyclic) bond motifs is 1. The van der Waals surface area contributed by atoms with Crippen molar-refractivity contribution in [1.82, 2.24) is 15.6 Å². The van der Waals surface area contributed by atoms with Crippen molar-refractivity contribution >= 4 is 28.7 Å². The highest BCUT2D eigenvalue weighted by Crippen LogP contribution is 2.18. The highest BCUT2D eigenvalue weighted by atomic mass is 16.4. The van der Waals surface area contributed by atoms with Gasteiger partial charge < -0.3 is 26.5 Å². The van der Waals surface area contributed by atoms with Crippen molar-refractivity contribution in [2.45, 2.75) is 45.3 Å².